The van der Waals surface area contributed by atoms with Crippen LogP contribution in [0, 0.1) is 0 Å². The summed E-state index contributed by atoms with van der Waals surface area (Å²) in [6, 6.07) is 2.78. The molecule has 0 amide bonds. The van der Waals surface area contributed by atoms with Crippen LogP contribution < -0.4 is 9.46 Å². The number of alkyl halides is 3. The Kier molecular flexibility index (Phi) is 5.65. The Balaban J connectivity index is 2.47. The van der Waals surface area contributed by atoms with E-state index in [4.69, 9.17) is 23.2 Å². The molecule has 0 atom stereocenters. The average molecular weight is 485 g/mol. The number of methoxy groups -OCH3 is 1. The highest BCUT2D eigenvalue weighted by molar-refractivity contribution is 9.10. The van der Waals surface area contributed by atoms with Crippen molar-refractivity contribution in [1.29, 1.82) is 0 Å². The summed E-state index contributed by atoms with van der Waals surface area (Å²) in [6.45, 7) is 0. The minimum Gasteiger partial charge on any atom is -0.496 e. The molecule has 0 saturated heterocycles. The third-order valence-electron chi connectivity index (χ3n) is 2.76. The predicted octanol–water partition coefficient (Wildman–Crippen LogP) is 5.65. The maximum Gasteiger partial charge on any atom is 0.420 e. The van der Waals surface area contributed by atoms with E-state index < -0.39 is 27.5 Å². The molecule has 12 heteroatoms. The molecule has 2 rings (SSSR count). The number of ether oxygens (including phenoxy) is 1. The van der Waals surface area contributed by atoms with Crippen molar-refractivity contribution in [2.24, 2.45) is 0 Å². The molecular weight excluding hydrogens is 478 g/mol. The first-order valence-corrected chi connectivity index (χ1v) is 9.73. The van der Waals surface area contributed by atoms with Gasteiger partial charge in [-0.05, 0) is 34.1 Å². The number of anilines is 1. The van der Waals surface area contributed by atoms with Crippen molar-refractivity contribution in [2.75, 3.05) is 11.8 Å². The fourth-order valence-corrected chi connectivity index (χ4v) is 6.38. The zero-order valence-electron chi connectivity index (χ0n) is 11.5. The monoisotopic (exact) mass is 483 g/mol. The molecule has 0 aliphatic rings. The lowest BCUT2D eigenvalue weighted by Gasteiger charge is -2.14. The van der Waals surface area contributed by atoms with Gasteiger partial charge in [-0.2, -0.15) is 13.2 Å². The van der Waals surface area contributed by atoms with E-state index in [0.717, 1.165) is 30.6 Å². The Morgan fingerprint density at radius 1 is 1.25 bits per heavy atom. The predicted molar refractivity (Wildman–Crippen MR) is 90.8 cm³/mol. The lowest BCUT2D eigenvalue weighted by atomic mass is 10.1. The number of rotatable bonds is 4. The van der Waals surface area contributed by atoms with Gasteiger partial charge in [0.1, 0.15) is 19.3 Å². The normalized spacial score (nSPS) is 12.3. The van der Waals surface area contributed by atoms with Gasteiger partial charge in [0.2, 0.25) is 0 Å². The zero-order valence-corrected chi connectivity index (χ0v) is 16.3. The molecule has 0 unspecified atom stereocenters. The Morgan fingerprint density at radius 3 is 2.33 bits per heavy atom. The second-order valence-electron chi connectivity index (χ2n) is 4.31. The van der Waals surface area contributed by atoms with Crippen LogP contribution in [0.2, 0.25) is 8.67 Å². The van der Waals surface area contributed by atoms with Gasteiger partial charge in [0.15, 0.2) is 0 Å². The van der Waals surface area contributed by atoms with Crippen molar-refractivity contribution in [2.45, 2.75) is 11.1 Å². The van der Waals surface area contributed by atoms with Gasteiger partial charge in [-0.1, -0.05) is 23.2 Å². The number of thiophene rings is 1. The summed E-state index contributed by atoms with van der Waals surface area (Å²) < 4.78 is 70.5. The molecule has 24 heavy (non-hydrogen) atoms. The highest BCUT2D eigenvalue weighted by Gasteiger charge is 2.35. The van der Waals surface area contributed by atoms with E-state index in [-0.39, 0.29) is 23.7 Å². The molecule has 1 aromatic heterocycles. The molecule has 0 spiro atoms. The van der Waals surface area contributed by atoms with Crippen LogP contribution >= 0.6 is 50.5 Å². The minimum absolute atomic E-state index is 0.0382. The van der Waals surface area contributed by atoms with E-state index in [1.54, 1.807) is 0 Å². The molecule has 0 radical (unpaired) electrons. The molecule has 2 aromatic rings. The van der Waals surface area contributed by atoms with Crippen molar-refractivity contribution in [3.8, 4) is 5.75 Å². The zero-order chi connectivity index (χ0) is 18.3. The minimum atomic E-state index is -4.71. The Morgan fingerprint density at radius 2 is 1.88 bits per heavy atom. The first kappa shape index (κ1) is 19.6. The largest absolute Gasteiger partial charge is 0.496 e. The smallest absolute Gasteiger partial charge is 0.420 e. The van der Waals surface area contributed by atoms with Crippen LogP contribution in [0.5, 0.6) is 5.75 Å². The summed E-state index contributed by atoms with van der Waals surface area (Å²) in [7, 11) is -3.16. The molecular formula is C12H7BrCl2F3NO3S2. The van der Waals surface area contributed by atoms with E-state index >= 15 is 0 Å². The summed E-state index contributed by atoms with van der Waals surface area (Å²) in [4.78, 5) is -0.344. The van der Waals surface area contributed by atoms with Gasteiger partial charge in [-0.15, -0.1) is 11.3 Å². The van der Waals surface area contributed by atoms with E-state index in [1.165, 1.54) is 0 Å². The first-order valence-electron chi connectivity index (χ1n) is 5.88. The van der Waals surface area contributed by atoms with Crippen LogP contribution in [0.1, 0.15) is 5.56 Å². The van der Waals surface area contributed by atoms with E-state index in [9.17, 15) is 21.6 Å². The van der Waals surface area contributed by atoms with E-state index in [2.05, 4.69) is 20.7 Å². The first-order chi connectivity index (χ1) is 11.0. The van der Waals surface area contributed by atoms with Gasteiger partial charge in [0.05, 0.1) is 17.1 Å². The van der Waals surface area contributed by atoms with Crippen LogP contribution in [-0.2, 0) is 16.2 Å². The molecule has 0 aliphatic heterocycles. The number of benzene rings is 1. The number of halogens is 6. The molecule has 0 aliphatic carbocycles. The quantitative estimate of drug-likeness (QED) is 0.610. The lowest BCUT2D eigenvalue weighted by molar-refractivity contribution is -0.138. The Labute approximate surface area is 157 Å². The molecule has 1 heterocycles. The van der Waals surface area contributed by atoms with Crippen LogP contribution in [0.15, 0.2) is 27.6 Å². The van der Waals surface area contributed by atoms with E-state index in [0.29, 0.717) is 6.07 Å². The van der Waals surface area contributed by atoms with Gasteiger partial charge >= 0.3 is 6.18 Å². The maximum absolute atomic E-state index is 13.0. The Hall–Kier alpha value is -0.680. The van der Waals surface area contributed by atoms with Crippen molar-refractivity contribution in [3.05, 3.63) is 36.9 Å². The van der Waals surface area contributed by atoms with Crippen LogP contribution in [0.3, 0.4) is 0 Å². The van der Waals surface area contributed by atoms with Crippen molar-refractivity contribution >= 4 is 66.2 Å². The van der Waals surface area contributed by atoms with Gasteiger partial charge < -0.3 is 4.74 Å². The molecule has 0 saturated carbocycles. The summed E-state index contributed by atoms with van der Waals surface area (Å²) >= 11 is 15.4. The fourth-order valence-electron chi connectivity index (χ4n) is 1.77. The van der Waals surface area contributed by atoms with Gasteiger partial charge in [0.25, 0.3) is 10.0 Å². The maximum atomic E-state index is 13.0. The second-order valence-corrected chi connectivity index (χ2v) is 8.95. The third-order valence-corrected chi connectivity index (χ3v) is 7.60. The standard InChI is InChI=1S/C12H7BrCl2F3NO3S2/c1-22-7-3-2-5(4-6(7)12(16,17)18)19-24(20,21)9-8(13)10(14)23-11(9)15/h2-4,19H,1H3. The molecule has 4 nitrogen and oxygen atoms in total. The highest BCUT2D eigenvalue weighted by atomic mass is 79.9. The summed E-state index contributed by atoms with van der Waals surface area (Å²) in [6.07, 6.45) is -4.71. The second kappa shape index (κ2) is 6.91. The van der Waals surface area contributed by atoms with Crippen molar-refractivity contribution in [1.82, 2.24) is 0 Å². The fraction of sp³-hybridized carbons (Fsp3) is 0.167. The van der Waals surface area contributed by atoms with Gasteiger partial charge in [-0.3, -0.25) is 4.72 Å². The molecule has 0 fully saturated rings. The Bertz CT molecular complexity index is 884. The highest BCUT2D eigenvalue weighted by Crippen LogP contribution is 2.44. The van der Waals surface area contributed by atoms with Gasteiger partial charge in [-0.25, -0.2) is 8.42 Å². The molecule has 132 valence electrons. The summed E-state index contributed by atoms with van der Waals surface area (Å²) in [5.41, 5.74) is -1.41. The third kappa shape index (κ3) is 3.93. The number of sulfonamides is 1. The number of hydrogen-bond donors (Lipinski definition) is 1. The summed E-state index contributed by atoms with van der Waals surface area (Å²) in [5.74, 6) is -0.428. The average Bonchev–Trinajstić information content (AvgIpc) is 2.71. The van der Waals surface area contributed by atoms with E-state index in [1.807, 2.05) is 4.72 Å². The topological polar surface area (TPSA) is 55.4 Å². The van der Waals surface area contributed by atoms with Crippen molar-refractivity contribution in [3.63, 3.8) is 0 Å². The van der Waals surface area contributed by atoms with Crippen LogP contribution in [-0.4, -0.2) is 15.5 Å². The number of nitrogens with one attached hydrogen (secondary N) is 1. The van der Waals surface area contributed by atoms with Gasteiger partial charge in [0, 0.05) is 5.69 Å². The molecule has 1 N–H and O–H groups in total. The van der Waals surface area contributed by atoms with Crippen LogP contribution in [0.25, 0.3) is 0 Å². The summed E-state index contributed by atoms with van der Waals surface area (Å²) in [5, 5.41) is 0. The van der Waals surface area contributed by atoms with Crippen LogP contribution in [0.4, 0.5) is 18.9 Å². The number of hydrogen-bond acceptors (Lipinski definition) is 4. The lowest BCUT2D eigenvalue weighted by Crippen LogP contribution is -2.14. The molecule has 1 aromatic carbocycles. The molecule has 0 bridgehead atoms. The van der Waals surface area contributed by atoms with Crippen molar-refractivity contribution < 1.29 is 26.3 Å². The SMILES string of the molecule is COc1ccc(NS(=O)(=O)c2c(Cl)sc(Cl)c2Br)cc1C(F)(F)F.